The Morgan fingerprint density at radius 1 is 1.47 bits per heavy atom. The Bertz CT molecular complexity index is 374. The first-order valence-corrected chi connectivity index (χ1v) is 4.84. The number of aryl methyl sites for hydroxylation is 1. The number of amidine groups is 1. The number of nitrogens with one attached hydrogen (secondary N) is 2. The molecular formula is C11H15N3O. The highest BCUT2D eigenvalue weighted by Crippen LogP contribution is 2.15. The molecule has 0 fully saturated rings. The Labute approximate surface area is 89.0 Å². The van der Waals surface area contributed by atoms with E-state index in [-0.39, 0.29) is 18.2 Å². The van der Waals surface area contributed by atoms with E-state index in [0.29, 0.717) is 0 Å². The van der Waals surface area contributed by atoms with Gasteiger partial charge in [0.1, 0.15) is 5.84 Å². The molecule has 1 aromatic rings. The molecule has 1 amide bonds. The minimum Gasteiger partial charge on any atom is -0.387 e. The van der Waals surface area contributed by atoms with Crippen molar-refractivity contribution >= 4 is 17.4 Å². The lowest BCUT2D eigenvalue weighted by atomic mass is 10.1. The maximum absolute atomic E-state index is 11.4. The van der Waals surface area contributed by atoms with Gasteiger partial charge in [-0.25, -0.2) is 0 Å². The van der Waals surface area contributed by atoms with Crippen LogP contribution in [-0.4, -0.2) is 11.7 Å². The van der Waals surface area contributed by atoms with Crippen molar-refractivity contribution in [3.63, 3.8) is 0 Å². The number of carbonyl (C=O) groups is 1. The summed E-state index contributed by atoms with van der Waals surface area (Å²) in [5, 5.41) is 9.74. The summed E-state index contributed by atoms with van der Waals surface area (Å²) in [6, 6.07) is 7.60. The maximum atomic E-state index is 11.4. The molecule has 0 saturated heterocycles. The average Bonchev–Trinajstić information content (AvgIpc) is 2.17. The van der Waals surface area contributed by atoms with Gasteiger partial charge in [-0.2, -0.15) is 0 Å². The van der Waals surface area contributed by atoms with Gasteiger partial charge in [-0.3, -0.25) is 10.2 Å². The highest BCUT2D eigenvalue weighted by Gasteiger charge is 2.06. The van der Waals surface area contributed by atoms with Crippen LogP contribution in [0.25, 0.3) is 0 Å². The number of hydrogen-bond donors (Lipinski definition) is 3. The molecule has 80 valence electrons. The fraction of sp³-hybridized carbons (Fsp3) is 0.273. The Kier molecular flexibility index (Phi) is 3.85. The van der Waals surface area contributed by atoms with Crippen LogP contribution in [0.2, 0.25) is 0 Å². The lowest BCUT2D eigenvalue weighted by Crippen LogP contribution is -2.21. The zero-order valence-corrected chi connectivity index (χ0v) is 8.71. The first-order chi connectivity index (χ1) is 7.13. The first-order valence-electron chi connectivity index (χ1n) is 4.84. The molecule has 0 radical (unpaired) electrons. The molecule has 0 unspecified atom stereocenters. The van der Waals surface area contributed by atoms with Gasteiger partial charge in [0.2, 0.25) is 5.91 Å². The van der Waals surface area contributed by atoms with Crippen LogP contribution < -0.4 is 11.1 Å². The second-order valence-electron chi connectivity index (χ2n) is 3.26. The molecule has 1 rings (SSSR count). The van der Waals surface area contributed by atoms with E-state index in [2.05, 4.69) is 5.32 Å². The second-order valence-corrected chi connectivity index (χ2v) is 3.26. The summed E-state index contributed by atoms with van der Waals surface area (Å²) >= 11 is 0. The van der Waals surface area contributed by atoms with E-state index < -0.39 is 0 Å². The third kappa shape index (κ3) is 3.42. The number of carbonyl (C=O) groups excluding carboxylic acids is 1. The third-order valence-corrected chi connectivity index (χ3v) is 2.02. The molecule has 4 N–H and O–H groups in total. The van der Waals surface area contributed by atoms with E-state index >= 15 is 0 Å². The average molecular weight is 205 g/mol. The summed E-state index contributed by atoms with van der Waals surface area (Å²) in [5.41, 5.74) is 7.02. The quantitative estimate of drug-likeness (QED) is 0.514. The van der Waals surface area contributed by atoms with Gasteiger partial charge in [-0.1, -0.05) is 25.1 Å². The molecule has 4 heteroatoms. The van der Waals surface area contributed by atoms with Crippen LogP contribution in [0.15, 0.2) is 24.3 Å². The summed E-state index contributed by atoms with van der Waals surface area (Å²) in [6.07, 6.45) is 0.800. The number of rotatable bonds is 4. The van der Waals surface area contributed by atoms with Crippen LogP contribution in [0.3, 0.4) is 0 Å². The summed E-state index contributed by atoms with van der Waals surface area (Å²) in [7, 11) is 0. The van der Waals surface area contributed by atoms with Gasteiger partial charge in [-0.15, -0.1) is 0 Å². The topological polar surface area (TPSA) is 79.0 Å². The fourth-order valence-corrected chi connectivity index (χ4v) is 1.32. The van der Waals surface area contributed by atoms with Crippen LogP contribution in [0.4, 0.5) is 5.69 Å². The third-order valence-electron chi connectivity index (χ3n) is 2.02. The molecule has 15 heavy (non-hydrogen) atoms. The molecule has 0 atom stereocenters. The minimum absolute atomic E-state index is 0.0575. The van der Waals surface area contributed by atoms with Crippen molar-refractivity contribution in [2.45, 2.75) is 19.8 Å². The van der Waals surface area contributed by atoms with Crippen LogP contribution in [-0.2, 0) is 11.2 Å². The van der Waals surface area contributed by atoms with Gasteiger partial charge >= 0.3 is 0 Å². The molecule has 0 aliphatic heterocycles. The van der Waals surface area contributed by atoms with Crippen molar-refractivity contribution in [2.24, 2.45) is 5.73 Å². The van der Waals surface area contributed by atoms with E-state index in [4.69, 9.17) is 11.1 Å². The number of para-hydroxylation sites is 1. The van der Waals surface area contributed by atoms with Crippen molar-refractivity contribution in [2.75, 3.05) is 5.32 Å². The molecule has 0 aliphatic carbocycles. The number of amides is 1. The smallest absolute Gasteiger partial charge is 0.231 e. The fourth-order valence-electron chi connectivity index (χ4n) is 1.32. The van der Waals surface area contributed by atoms with E-state index in [9.17, 15) is 4.79 Å². The van der Waals surface area contributed by atoms with Crippen molar-refractivity contribution in [3.8, 4) is 0 Å². The van der Waals surface area contributed by atoms with Crippen molar-refractivity contribution in [1.82, 2.24) is 0 Å². The maximum Gasteiger partial charge on any atom is 0.231 e. The van der Waals surface area contributed by atoms with Gasteiger partial charge in [-0.05, 0) is 18.1 Å². The number of hydrogen-bond acceptors (Lipinski definition) is 2. The SMILES string of the molecule is CCc1ccccc1NC(=O)CC(=N)N. The molecule has 4 nitrogen and oxygen atoms in total. The monoisotopic (exact) mass is 205 g/mol. The molecule has 0 heterocycles. The number of anilines is 1. The van der Waals surface area contributed by atoms with E-state index in [1.807, 2.05) is 31.2 Å². The largest absolute Gasteiger partial charge is 0.387 e. The Hall–Kier alpha value is -1.84. The van der Waals surface area contributed by atoms with Crippen molar-refractivity contribution in [1.29, 1.82) is 5.41 Å². The van der Waals surface area contributed by atoms with Crippen molar-refractivity contribution in [3.05, 3.63) is 29.8 Å². The highest BCUT2D eigenvalue weighted by molar-refractivity contribution is 6.04. The Morgan fingerprint density at radius 2 is 2.13 bits per heavy atom. The van der Waals surface area contributed by atoms with Crippen LogP contribution >= 0.6 is 0 Å². The highest BCUT2D eigenvalue weighted by atomic mass is 16.1. The lowest BCUT2D eigenvalue weighted by molar-refractivity contribution is -0.115. The molecule has 1 aromatic carbocycles. The summed E-state index contributed by atoms with van der Waals surface area (Å²) in [4.78, 5) is 11.4. The molecular weight excluding hydrogens is 190 g/mol. The first kappa shape index (κ1) is 11.2. The second kappa shape index (κ2) is 5.14. The predicted octanol–water partition coefficient (Wildman–Crippen LogP) is 1.51. The van der Waals surface area contributed by atoms with Gasteiger partial charge in [0, 0.05) is 5.69 Å². The van der Waals surface area contributed by atoms with E-state index in [1.165, 1.54) is 0 Å². The van der Waals surface area contributed by atoms with Gasteiger partial charge in [0.05, 0.1) is 6.42 Å². The van der Waals surface area contributed by atoms with E-state index in [0.717, 1.165) is 17.7 Å². The molecule has 0 saturated carbocycles. The van der Waals surface area contributed by atoms with Crippen LogP contribution in [0, 0.1) is 5.41 Å². The number of benzene rings is 1. The molecule has 0 bridgehead atoms. The Morgan fingerprint density at radius 3 is 2.73 bits per heavy atom. The van der Waals surface area contributed by atoms with Gasteiger partial charge < -0.3 is 11.1 Å². The van der Waals surface area contributed by atoms with Crippen molar-refractivity contribution < 1.29 is 4.79 Å². The number of nitrogens with two attached hydrogens (primary N) is 1. The van der Waals surface area contributed by atoms with Gasteiger partial charge in [0.15, 0.2) is 0 Å². The summed E-state index contributed by atoms with van der Waals surface area (Å²) < 4.78 is 0. The molecule has 0 spiro atoms. The predicted molar refractivity (Wildman–Crippen MR) is 61.0 cm³/mol. The molecule has 0 aliphatic rings. The standard InChI is InChI=1S/C11H15N3O/c1-2-8-5-3-4-6-9(8)14-11(15)7-10(12)13/h3-6H,2,7H2,1H3,(H3,12,13)(H,14,15). The lowest BCUT2D eigenvalue weighted by Gasteiger charge is -2.08. The van der Waals surface area contributed by atoms with E-state index in [1.54, 1.807) is 0 Å². The normalized spacial score (nSPS) is 9.67. The summed E-state index contributed by atoms with van der Waals surface area (Å²) in [5.74, 6) is -0.370. The summed E-state index contributed by atoms with van der Waals surface area (Å²) in [6.45, 7) is 2.02. The van der Waals surface area contributed by atoms with Crippen LogP contribution in [0.1, 0.15) is 18.9 Å². The Balaban J connectivity index is 2.71. The molecule has 0 aromatic heterocycles. The zero-order chi connectivity index (χ0) is 11.3. The van der Waals surface area contributed by atoms with Crippen LogP contribution in [0.5, 0.6) is 0 Å². The zero-order valence-electron chi connectivity index (χ0n) is 8.71. The minimum atomic E-state index is -0.247. The van der Waals surface area contributed by atoms with Gasteiger partial charge in [0.25, 0.3) is 0 Å².